The summed E-state index contributed by atoms with van der Waals surface area (Å²) < 4.78 is 6.34. The molecule has 4 heteroatoms. The molecule has 0 radical (unpaired) electrons. The summed E-state index contributed by atoms with van der Waals surface area (Å²) in [6.07, 6.45) is 0. The predicted octanol–water partition coefficient (Wildman–Crippen LogP) is 4.90. The van der Waals surface area contributed by atoms with Gasteiger partial charge in [0.15, 0.2) is 0 Å². The molecule has 0 heterocycles. The summed E-state index contributed by atoms with van der Waals surface area (Å²) in [7, 11) is 1.69. The van der Waals surface area contributed by atoms with Crippen LogP contribution in [0.25, 0.3) is 0 Å². The molecule has 112 valence electrons. The van der Waals surface area contributed by atoms with Crippen molar-refractivity contribution in [3.63, 3.8) is 0 Å². The number of benzene rings is 2. The smallest absolute Gasteiger partial charge is 0.118 e. The zero-order valence-corrected chi connectivity index (χ0v) is 14.7. The molecule has 2 rings (SSSR count). The van der Waals surface area contributed by atoms with Crippen molar-refractivity contribution in [1.82, 2.24) is 5.32 Å². The Labute approximate surface area is 139 Å². The first-order chi connectivity index (χ1) is 10.2. The van der Waals surface area contributed by atoms with Crippen LogP contribution in [0.5, 0.6) is 5.75 Å². The number of thioether (sulfide) groups is 1. The first kappa shape index (κ1) is 16.4. The lowest BCUT2D eigenvalue weighted by Gasteiger charge is -2.18. The fourth-order valence-electron chi connectivity index (χ4n) is 2.07. The van der Waals surface area contributed by atoms with Gasteiger partial charge in [-0.25, -0.2) is 0 Å². The van der Waals surface area contributed by atoms with Gasteiger partial charge in [0.05, 0.1) is 7.11 Å². The quantitative estimate of drug-likeness (QED) is 0.705. The summed E-state index contributed by atoms with van der Waals surface area (Å²) in [6, 6.07) is 17.1. The summed E-state index contributed by atoms with van der Waals surface area (Å²) in [5, 5.41) is 3.55. The topological polar surface area (TPSA) is 21.3 Å². The average molecular weight is 366 g/mol. The van der Waals surface area contributed by atoms with Crippen LogP contribution >= 0.6 is 27.7 Å². The van der Waals surface area contributed by atoms with E-state index >= 15 is 0 Å². The molecule has 0 amide bonds. The molecule has 1 N–H and O–H groups in total. The Morgan fingerprint density at radius 1 is 1.10 bits per heavy atom. The molecule has 0 saturated carbocycles. The van der Waals surface area contributed by atoms with Crippen molar-refractivity contribution in [2.24, 2.45) is 0 Å². The van der Waals surface area contributed by atoms with Gasteiger partial charge in [0, 0.05) is 21.2 Å². The second kappa shape index (κ2) is 8.47. The van der Waals surface area contributed by atoms with E-state index < -0.39 is 0 Å². The third-order valence-electron chi connectivity index (χ3n) is 3.20. The summed E-state index contributed by atoms with van der Waals surface area (Å²) >= 11 is 5.33. The molecule has 0 aliphatic carbocycles. The van der Waals surface area contributed by atoms with Crippen molar-refractivity contribution in [2.45, 2.75) is 17.9 Å². The minimum atomic E-state index is 0.342. The Balaban J connectivity index is 2.02. The Morgan fingerprint density at radius 3 is 2.33 bits per heavy atom. The Morgan fingerprint density at radius 2 is 1.76 bits per heavy atom. The lowest BCUT2D eigenvalue weighted by molar-refractivity contribution is 0.414. The third kappa shape index (κ3) is 5.06. The highest BCUT2D eigenvalue weighted by Gasteiger charge is 2.11. The van der Waals surface area contributed by atoms with Gasteiger partial charge in [-0.3, -0.25) is 0 Å². The van der Waals surface area contributed by atoms with Gasteiger partial charge in [0.25, 0.3) is 0 Å². The molecule has 0 spiro atoms. The summed E-state index contributed by atoms with van der Waals surface area (Å²) in [5.74, 6) is 1.90. The molecule has 2 nitrogen and oxygen atoms in total. The van der Waals surface area contributed by atoms with E-state index in [0.717, 1.165) is 22.5 Å². The monoisotopic (exact) mass is 365 g/mol. The number of nitrogens with one attached hydrogen (secondary N) is 1. The van der Waals surface area contributed by atoms with Crippen molar-refractivity contribution in [3.8, 4) is 5.75 Å². The van der Waals surface area contributed by atoms with Crippen LogP contribution in [-0.2, 0) is 0 Å². The van der Waals surface area contributed by atoms with Gasteiger partial charge >= 0.3 is 0 Å². The second-order valence-corrected chi connectivity index (χ2v) is 6.66. The van der Waals surface area contributed by atoms with Gasteiger partial charge in [-0.15, -0.1) is 11.8 Å². The Hall–Kier alpha value is -0.970. The molecule has 21 heavy (non-hydrogen) atoms. The fraction of sp³-hybridized carbons (Fsp3) is 0.294. The van der Waals surface area contributed by atoms with Crippen molar-refractivity contribution in [3.05, 3.63) is 58.6 Å². The lowest BCUT2D eigenvalue weighted by Crippen LogP contribution is -2.22. The zero-order chi connectivity index (χ0) is 15.1. The van der Waals surface area contributed by atoms with Crippen LogP contribution in [0.4, 0.5) is 0 Å². The highest BCUT2D eigenvalue weighted by atomic mass is 79.9. The molecule has 1 unspecified atom stereocenters. The van der Waals surface area contributed by atoms with Gasteiger partial charge in [-0.2, -0.15) is 0 Å². The van der Waals surface area contributed by atoms with Gasteiger partial charge in [-0.05, 0) is 48.5 Å². The van der Waals surface area contributed by atoms with E-state index in [4.69, 9.17) is 4.74 Å². The largest absolute Gasteiger partial charge is 0.497 e. The molecular weight excluding hydrogens is 346 g/mol. The molecule has 0 bridgehead atoms. The first-order valence-electron chi connectivity index (χ1n) is 6.98. The molecule has 0 aromatic heterocycles. The van der Waals surface area contributed by atoms with Gasteiger partial charge in [-0.1, -0.05) is 35.0 Å². The van der Waals surface area contributed by atoms with Crippen LogP contribution in [0.15, 0.2) is 57.9 Å². The number of halogens is 1. The second-order valence-electron chi connectivity index (χ2n) is 4.65. The highest BCUT2D eigenvalue weighted by Crippen LogP contribution is 2.27. The van der Waals surface area contributed by atoms with E-state index in [1.807, 2.05) is 23.9 Å². The molecule has 0 aliphatic rings. The first-order valence-corrected chi connectivity index (χ1v) is 8.76. The van der Waals surface area contributed by atoms with Crippen molar-refractivity contribution in [1.29, 1.82) is 0 Å². The number of ether oxygens (including phenoxy) is 1. The molecule has 2 aromatic carbocycles. The molecular formula is C17H20BrNOS. The van der Waals surface area contributed by atoms with Crippen LogP contribution in [0, 0.1) is 0 Å². The van der Waals surface area contributed by atoms with Crippen LogP contribution < -0.4 is 10.1 Å². The lowest BCUT2D eigenvalue weighted by atomic mass is 10.1. The Bertz CT molecular complexity index is 542. The molecule has 1 atom stereocenters. The van der Waals surface area contributed by atoms with Gasteiger partial charge in [0.2, 0.25) is 0 Å². The minimum Gasteiger partial charge on any atom is -0.497 e. The third-order valence-corrected chi connectivity index (χ3v) is 4.83. The standard InChI is InChI=1S/C17H20BrNOS/c1-3-19-17(13-4-8-15(20-2)9-5-13)12-21-16-10-6-14(18)7-11-16/h4-11,17,19H,3,12H2,1-2H3. The minimum absolute atomic E-state index is 0.342. The van der Waals surface area contributed by atoms with Crippen LogP contribution in [0.1, 0.15) is 18.5 Å². The van der Waals surface area contributed by atoms with Gasteiger partial charge in [0.1, 0.15) is 5.75 Å². The van der Waals surface area contributed by atoms with E-state index in [0.29, 0.717) is 6.04 Å². The molecule has 0 fully saturated rings. The van der Waals surface area contributed by atoms with Crippen LogP contribution in [-0.4, -0.2) is 19.4 Å². The van der Waals surface area contributed by atoms with E-state index in [2.05, 4.69) is 64.6 Å². The molecule has 2 aromatic rings. The van der Waals surface area contributed by atoms with E-state index in [1.165, 1.54) is 10.5 Å². The number of hydrogen-bond acceptors (Lipinski definition) is 3. The van der Waals surface area contributed by atoms with Gasteiger partial charge < -0.3 is 10.1 Å². The fourth-order valence-corrected chi connectivity index (χ4v) is 3.33. The summed E-state index contributed by atoms with van der Waals surface area (Å²) in [4.78, 5) is 1.29. The van der Waals surface area contributed by atoms with Crippen LogP contribution in [0.3, 0.4) is 0 Å². The maximum absolute atomic E-state index is 5.22. The molecule has 0 saturated heterocycles. The van der Waals surface area contributed by atoms with Crippen LogP contribution in [0.2, 0.25) is 0 Å². The van der Waals surface area contributed by atoms with E-state index in [-0.39, 0.29) is 0 Å². The van der Waals surface area contributed by atoms with E-state index in [1.54, 1.807) is 7.11 Å². The van der Waals surface area contributed by atoms with E-state index in [9.17, 15) is 0 Å². The number of hydrogen-bond donors (Lipinski definition) is 1. The maximum atomic E-state index is 5.22. The predicted molar refractivity (Wildman–Crippen MR) is 94.3 cm³/mol. The van der Waals surface area contributed by atoms with Crippen molar-refractivity contribution < 1.29 is 4.74 Å². The average Bonchev–Trinajstić information content (AvgIpc) is 2.53. The highest BCUT2D eigenvalue weighted by molar-refractivity contribution is 9.10. The zero-order valence-electron chi connectivity index (χ0n) is 12.3. The summed E-state index contributed by atoms with van der Waals surface area (Å²) in [6.45, 7) is 3.10. The molecule has 0 aliphatic heterocycles. The summed E-state index contributed by atoms with van der Waals surface area (Å²) in [5.41, 5.74) is 1.29. The number of methoxy groups -OCH3 is 1. The normalized spacial score (nSPS) is 12.1. The number of rotatable bonds is 7. The SMILES string of the molecule is CCNC(CSc1ccc(Br)cc1)c1ccc(OC)cc1. The van der Waals surface area contributed by atoms with Crippen molar-refractivity contribution >= 4 is 27.7 Å². The Kier molecular flexibility index (Phi) is 6.61. The van der Waals surface area contributed by atoms with Crippen molar-refractivity contribution in [2.75, 3.05) is 19.4 Å². The maximum Gasteiger partial charge on any atom is 0.118 e.